The number of para-hydroxylation sites is 1. The van der Waals surface area contributed by atoms with Gasteiger partial charge >= 0.3 is 0 Å². The third-order valence-corrected chi connectivity index (χ3v) is 3.17. The number of nitrogens with one attached hydrogen (secondary N) is 1. The molecule has 90 valence electrons. The van der Waals surface area contributed by atoms with Gasteiger partial charge in [-0.1, -0.05) is 48.5 Å². The molecule has 0 fully saturated rings. The lowest BCUT2D eigenvalue weighted by Gasteiger charge is -2.11. The highest BCUT2D eigenvalue weighted by Crippen LogP contribution is 2.28. The lowest BCUT2D eigenvalue weighted by molar-refractivity contribution is 0.951. The van der Waals surface area contributed by atoms with Crippen LogP contribution in [0.5, 0.6) is 0 Å². The number of hydrogen-bond donors (Lipinski definition) is 1. The van der Waals surface area contributed by atoms with Crippen molar-refractivity contribution in [3.8, 4) is 11.1 Å². The fraction of sp³-hybridized carbons (Fsp3) is 0.188. The summed E-state index contributed by atoms with van der Waals surface area (Å²) in [6.45, 7) is 0.954. The Hall–Kier alpha value is -2.09. The highest BCUT2D eigenvalue weighted by molar-refractivity contribution is 5.99. The summed E-state index contributed by atoms with van der Waals surface area (Å²) < 4.78 is 0. The normalized spacial score (nSPS) is 14.3. The van der Waals surface area contributed by atoms with E-state index in [-0.39, 0.29) is 0 Å². The van der Waals surface area contributed by atoms with E-state index in [1.807, 2.05) is 6.07 Å². The van der Waals surface area contributed by atoms with Crippen molar-refractivity contribution in [3.63, 3.8) is 0 Å². The predicted octanol–water partition coefficient (Wildman–Crippen LogP) is 3.96. The van der Waals surface area contributed by atoms with Crippen molar-refractivity contribution < 1.29 is 0 Å². The average Bonchev–Trinajstić information content (AvgIpc) is 2.93. The van der Waals surface area contributed by atoms with E-state index < -0.39 is 0 Å². The largest absolute Gasteiger partial charge is 0.344 e. The molecule has 1 N–H and O–H groups in total. The molecule has 18 heavy (non-hydrogen) atoms. The highest BCUT2D eigenvalue weighted by atomic mass is 15.0. The van der Waals surface area contributed by atoms with Crippen LogP contribution in [0.15, 0.2) is 59.6 Å². The highest BCUT2D eigenvalue weighted by Gasteiger charge is 2.09. The molecule has 0 amide bonds. The molecule has 1 heterocycles. The number of amidine groups is 1. The third-order valence-electron chi connectivity index (χ3n) is 3.17. The minimum absolute atomic E-state index is 0.954. The second-order valence-electron chi connectivity index (χ2n) is 4.47. The number of benzene rings is 2. The summed E-state index contributed by atoms with van der Waals surface area (Å²) in [5.74, 6) is 1.11. The topological polar surface area (TPSA) is 24.4 Å². The molecule has 2 aromatic carbocycles. The third kappa shape index (κ3) is 2.28. The quantitative estimate of drug-likeness (QED) is 0.838. The lowest BCUT2D eigenvalue weighted by Crippen LogP contribution is -2.09. The van der Waals surface area contributed by atoms with Crippen LogP contribution < -0.4 is 5.32 Å². The maximum Gasteiger partial charge on any atom is 0.101 e. The van der Waals surface area contributed by atoms with Crippen molar-refractivity contribution in [2.75, 3.05) is 11.9 Å². The Kier molecular flexibility index (Phi) is 3.09. The summed E-state index contributed by atoms with van der Waals surface area (Å²) in [5.41, 5.74) is 3.61. The first-order valence-electron chi connectivity index (χ1n) is 6.38. The van der Waals surface area contributed by atoms with Crippen LogP contribution in [0.2, 0.25) is 0 Å². The number of nitrogens with zero attached hydrogens (tertiary/aromatic N) is 1. The Labute approximate surface area is 107 Å². The maximum atomic E-state index is 4.47. The molecule has 0 bridgehead atoms. The summed E-state index contributed by atoms with van der Waals surface area (Å²) in [4.78, 5) is 4.47. The van der Waals surface area contributed by atoms with Gasteiger partial charge in [-0.05, 0) is 18.1 Å². The van der Waals surface area contributed by atoms with Gasteiger partial charge in [0.05, 0.1) is 0 Å². The molecular formula is C16H16N2. The molecule has 1 aliphatic heterocycles. The Morgan fingerprint density at radius 3 is 2.44 bits per heavy atom. The minimum atomic E-state index is 0.954. The number of aliphatic imine (C=N–C) groups is 1. The van der Waals surface area contributed by atoms with Crippen molar-refractivity contribution in [2.45, 2.75) is 12.8 Å². The molecule has 0 aromatic heterocycles. The van der Waals surface area contributed by atoms with E-state index in [2.05, 4.69) is 58.8 Å². The summed E-state index contributed by atoms with van der Waals surface area (Å²) in [6.07, 6.45) is 2.22. The van der Waals surface area contributed by atoms with Crippen molar-refractivity contribution in [3.05, 3.63) is 54.6 Å². The van der Waals surface area contributed by atoms with Gasteiger partial charge in [0, 0.05) is 24.2 Å². The van der Waals surface area contributed by atoms with Gasteiger partial charge in [-0.3, -0.25) is 4.99 Å². The fourth-order valence-corrected chi connectivity index (χ4v) is 2.26. The van der Waals surface area contributed by atoms with Gasteiger partial charge in [0.2, 0.25) is 0 Å². The Morgan fingerprint density at radius 1 is 0.889 bits per heavy atom. The van der Waals surface area contributed by atoms with E-state index in [0.717, 1.165) is 30.9 Å². The molecule has 3 rings (SSSR count). The van der Waals surface area contributed by atoms with Gasteiger partial charge in [0.15, 0.2) is 0 Å². The standard InChI is InChI=1S/C16H16N2/c1-2-7-13(8-3-1)14-9-4-5-10-15(14)18-16-11-6-12-17-16/h1-5,7-10H,6,11-12H2,(H,17,18). The van der Waals surface area contributed by atoms with Crippen LogP contribution in [-0.2, 0) is 0 Å². The summed E-state index contributed by atoms with van der Waals surface area (Å²) in [6, 6.07) is 18.8. The van der Waals surface area contributed by atoms with Gasteiger partial charge in [0.1, 0.15) is 5.84 Å². The molecule has 0 aliphatic carbocycles. The first kappa shape index (κ1) is 11.0. The van der Waals surface area contributed by atoms with E-state index in [1.165, 1.54) is 11.1 Å². The maximum absolute atomic E-state index is 4.47. The summed E-state index contributed by atoms with van der Waals surface area (Å²) in [5, 5.41) is 3.46. The zero-order valence-corrected chi connectivity index (χ0v) is 10.3. The van der Waals surface area contributed by atoms with Gasteiger partial charge in [0.25, 0.3) is 0 Å². The smallest absolute Gasteiger partial charge is 0.101 e. The van der Waals surface area contributed by atoms with Crippen LogP contribution in [0.3, 0.4) is 0 Å². The monoisotopic (exact) mass is 236 g/mol. The van der Waals surface area contributed by atoms with Gasteiger partial charge < -0.3 is 5.32 Å². The lowest BCUT2D eigenvalue weighted by atomic mass is 10.0. The molecule has 0 radical (unpaired) electrons. The average molecular weight is 236 g/mol. The molecule has 0 spiro atoms. The van der Waals surface area contributed by atoms with Crippen molar-refractivity contribution in [2.24, 2.45) is 4.99 Å². The number of anilines is 1. The van der Waals surface area contributed by atoms with Crippen LogP contribution in [0.1, 0.15) is 12.8 Å². The van der Waals surface area contributed by atoms with Gasteiger partial charge in [-0.2, -0.15) is 0 Å². The second kappa shape index (κ2) is 5.05. The van der Waals surface area contributed by atoms with E-state index in [0.29, 0.717) is 0 Å². The van der Waals surface area contributed by atoms with E-state index >= 15 is 0 Å². The van der Waals surface area contributed by atoms with Gasteiger partial charge in [-0.25, -0.2) is 0 Å². The molecule has 0 saturated heterocycles. The van der Waals surface area contributed by atoms with Crippen LogP contribution in [-0.4, -0.2) is 12.4 Å². The van der Waals surface area contributed by atoms with Crippen molar-refractivity contribution in [1.82, 2.24) is 0 Å². The Morgan fingerprint density at radius 2 is 1.67 bits per heavy atom. The van der Waals surface area contributed by atoms with Crippen LogP contribution in [0, 0.1) is 0 Å². The molecule has 0 saturated carbocycles. The number of hydrogen-bond acceptors (Lipinski definition) is 2. The van der Waals surface area contributed by atoms with Crippen LogP contribution in [0.4, 0.5) is 5.69 Å². The molecule has 2 nitrogen and oxygen atoms in total. The van der Waals surface area contributed by atoms with E-state index in [4.69, 9.17) is 0 Å². The molecule has 0 atom stereocenters. The first-order valence-corrected chi connectivity index (χ1v) is 6.38. The zero-order valence-electron chi connectivity index (χ0n) is 10.3. The SMILES string of the molecule is c1ccc(-c2ccccc2NC2=NCCC2)cc1. The Bertz CT molecular complexity index is 558. The molecular weight excluding hydrogens is 220 g/mol. The molecule has 1 aliphatic rings. The second-order valence-corrected chi connectivity index (χ2v) is 4.47. The summed E-state index contributed by atoms with van der Waals surface area (Å²) in [7, 11) is 0. The minimum Gasteiger partial charge on any atom is -0.344 e. The van der Waals surface area contributed by atoms with Crippen molar-refractivity contribution in [1.29, 1.82) is 0 Å². The van der Waals surface area contributed by atoms with Crippen LogP contribution >= 0.6 is 0 Å². The zero-order chi connectivity index (χ0) is 12.2. The summed E-state index contributed by atoms with van der Waals surface area (Å²) >= 11 is 0. The van der Waals surface area contributed by atoms with Crippen molar-refractivity contribution >= 4 is 11.5 Å². The first-order chi connectivity index (χ1) is 8.93. The van der Waals surface area contributed by atoms with Crippen LogP contribution in [0.25, 0.3) is 11.1 Å². The number of rotatable bonds is 2. The Balaban J connectivity index is 1.95. The fourth-order valence-electron chi connectivity index (χ4n) is 2.26. The predicted molar refractivity (Wildman–Crippen MR) is 77.0 cm³/mol. The van der Waals surface area contributed by atoms with Gasteiger partial charge in [-0.15, -0.1) is 0 Å². The molecule has 2 heteroatoms. The molecule has 0 unspecified atom stereocenters. The molecule has 2 aromatic rings. The van der Waals surface area contributed by atoms with E-state index in [9.17, 15) is 0 Å². The van der Waals surface area contributed by atoms with E-state index in [1.54, 1.807) is 0 Å².